The molecule has 0 unspecified atom stereocenters. The molecule has 1 aliphatic rings. The van der Waals surface area contributed by atoms with E-state index in [4.69, 9.17) is 4.74 Å². The second kappa shape index (κ2) is 7.87. The van der Waals surface area contributed by atoms with Crippen LogP contribution in [0, 0.1) is 0 Å². The number of nitrogens with one attached hydrogen (secondary N) is 1. The number of nitrogens with zero attached hydrogens (tertiary/aromatic N) is 1. The zero-order valence-electron chi connectivity index (χ0n) is 14.8. The average Bonchev–Trinajstić information content (AvgIpc) is 3.09. The summed E-state index contributed by atoms with van der Waals surface area (Å²) >= 11 is 1.67. The summed E-state index contributed by atoms with van der Waals surface area (Å²) in [7, 11) is -2.08. The minimum Gasteiger partial charge on any atom is -0.383 e. The number of hydrogen-bond acceptors (Lipinski definition) is 5. The summed E-state index contributed by atoms with van der Waals surface area (Å²) in [5.41, 5.74) is 1.38. The Balaban J connectivity index is 1.80. The number of fused-ring (bicyclic) bond motifs is 1. The van der Waals surface area contributed by atoms with E-state index in [0.717, 1.165) is 12.0 Å². The summed E-state index contributed by atoms with van der Waals surface area (Å²) in [6.45, 7) is 3.05. The summed E-state index contributed by atoms with van der Waals surface area (Å²) in [5.74, 6) is -0.314. The van der Waals surface area contributed by atoms with E-state index < -0.39 is 10.0 Å². The Bertz CT molecular complexity index is 892. The Kier molecular flexibility index (Phi) is 5.76. The van der Waals surface area contributed by atoms with Crippen molar-refractivity contribution in [1.82, 2.24) is 9.62 Å². The van der Waals surface area contributed by atoms with Gasteiger partial charge in [0, 0.05) is 36.7 Å². The van der Waals surface area contributed by atoms with E-state index in [2.05, 4.69) is 5.32 Å². The third-order valence-electron chi connectivity index (χ3n) is 4.30. The maximum absolute atomic E-state index is 13.0. The number of carbonyl (C=O) groups is 1. The number of ether oxygens (including phenoxy) is 1. The summed E-state index contributed by atoms with van der Waals surface area (Å²) < 4.78 is 32.5. The molecule has 1 aliphatic heterocycles. The minimum absolute atomic E-state index is 0.142. The van der Waals surface area contributed by atoms with Gasteiger partial charge in [-0.1, -0.05) is 6.07 Å². The van der Waals surface area contributed by atoms with Gasteiger partial charge in [-0.3, -0.25) is 4.79 Å². The van der Waals surface area contributed by atoms with Gasteiger partial charge in [0.05, 0.1) is 11.5 Å². The van der Waals surface area contributed by atoms with Gasteiger partial charge in [0.2, 0.25) is 10.0 Å². The van der Waals surface area contributed by atoms with Crippen molar-refractivity contribution < 1.29 is 17.9 Å². The van der Waals surface area contributed by atoms with Crippen LogP contribution in [0.25, 0.3) is 0 Å². The van der Waals surface area contributed by atoms with Crippen LogP contribution in [0.3, 0.4) is 0 Å². The van der Waals surface area contributed by atoms with Crippen molar-refractivity contribution in [3.63, 3.8) is 0 Å². The highest BCUT2D eigenvalue weighted by molar-refractivity contribution is 7.89. The van der Waals surface area contributed by atoms with E-state index in [-0.39, 0.29) is 16.8 Å². The Morgan fingerprint density at radius 1 is 1.38 bits per heavy atom. The molecule has 6 nitrogen and oxygen atoms in total. The smallest absolute Gasteiger partial charge is 0.251 e. The molecule has 0 radical (unpaired) electrons. The highest BCUT2D eigenvalue weighted by Crippen LogP contribution is 2.28. The molecule has 26 heavy (non-hydrogen) atoms. The third-order valence-corrected chi connectivity index (χ3v) is 7.16. The van der Waals surface area contributed by atoms with Crippen molar-refractivity contribution in [3.8, 4) is 0 Å². The molecule has 2 heterocycles. The van der Waals surface area contributed by atoms with Gasteiger partial charge in [-0.05, 0) is 48.6 Å². The van der Waals surface area contributed by atoms with Crippen LogP contribution < -0.4 is 5.32 Å². The lowest BCUT2D eigenvalue weighted by molar-refractivity contribution is 0.0905. The number of hydrogen-bond donors (Lipinski definition) is 1. The topological polar surface area (TPSA) is 75.7 Å². The molecule has 0 saturated heterocycles. The molecule has 0 spiro atoms. The summed E-state index contributed by atoms with van der Waals surface area (Å²) in [5, 5.41) is 4.79. The standard InChI is InChI=1S/C18H22N2O4S2/c1-13(12-24-2)19-18(21)14-4-3-5-16(10-14)26(22,23)20-8-6-17-15(11-20)7-9-25-17/h3-5,7,9-10,13H,6,8,11-12H2,1-2H3,(H,19,21)/t13-/m1/s1. The van der Waals surface area contributed by atoms with Crippen LogP contribution in [0.5, 0.6) is 0 Å². The molecular weight excluding hydrogens is 372 g/mol. The SMILES string of the molecule is COC[C@@H](C)NC(=O)c1cccc(S(=O)(=O)N2CCc3sccc3C2)c1. The van der Waals surface area contributed by atoms with E-state index in [1.807, 2.05) is 18.4 Å². The molecule has 1 atom stereocenters. The number of benzene rings is 1. The van der Waals surface area contributed by atoms with Crippen molar-refractivity contribution in [2.45, 2.75) is 30.8 Å². The van der Waals surface area contributed by atoms with Crippen molar-refractivity contribution in [2.24, 2.45) is 0 Å². The molecule has 1 aromatic carbocycles. The maximum Gasteiger partial charge on any atom is 0.251 e. The zero-order valence-corrected chi connectivity index (χ0v) is 16.4. The number of methoxy groups -OCH3 is 1. The molecule has 0 bridgehead atoms. The lowest BCUT2D eigenvalue weighted by Crippen LogP contribution is -2.36. The number of thiophene rings is 1. The molecule has 2 aromatic rings. The van der Waals surface area contributed by atoms with E-state index in [0.29, 0.717) is 25.3 Å². The van der Waals surface area contributed by atoms with Crippen LogP contribution in [0.1, 0.15) is 27.7 Å². The Morgan fingerprint density at radius 2 is 2.19 bits per heavy atom. The first-order chi connectivity index (χ1) is 12.4. The molecule has 0 fully saturated rings. The fourth-order valence-corrected chi connectivity index (χ4v) is 5.33. The maximum atomic E-state index is 13.0. The number of amides is 1. The molecule has 0 saturated carbocycles. The van der Waals surface area contributed by atoms with Gasteiger partial charge in [-0.15, -0.1) is 11.3 Å². The Morgan fingerprint density at radius 3 is 2.96 bits per heavy atom. The molecule has 3 rings (SSSR count). The van der Waals surface area contributed by atoms with Gasteiger partial charge in [0.15, 0.2) is 0 Å². The van der Waals surface area contributed by atoms with Crippen molar-refractivity contribution in [2.75, 3.05) is 20.3 Å². The summed E-state index contributed by atoms with van der Waals surface area (Å²) in [6, 6.07) is 8.00. The lowest BCUT2D eigenvalue weighted by atomic mass is 10.1. The Hall–Kier alpha value is -1.74. The first-order valence-electron chi connectivity index (χ1n) is 8.37. The van der Waals surface area contributed by atoms with E-state index >= 15 is 0 Å². The fourth-order valence-electron chi connectivity index (χ4n) is 2.97. The molecule has 1 amide bonds. The summed E-state index contributed by atoms with van der Waals surface area (Å²) in [6.07, 6.45) is 0.723. The Labute approximate surface area is 157 Å². The second-order valence-electron chi connectivity index (χ2n) is 6.32. The first-order valence-corrected chi connectivity index (χ1v) is 10.7. The number of carbonyl (C=O) groups excluding carboxylic acids is 1. The molecule has 1 aromatic heterocycles. The van der Waals surface area contributed by atoms with Crippen LogP contribution in [-0.2, 0) is 27.7 Å². The highest BCUT2D eigenvalue weighted by atomic mass is 32.2. The van der Waals surface area contributed by atoms with E-state index in [9.17, 15) is 13.2 Å². The van der Waals surface area contributed by atoms with Gasteiger partial charge >= 0.3 is 0 Å². The van der Waals surface area contributed by atoms with Crippen molar-refractivity contribution >= 4 is 27.3 Å². The fraction of sp³-hybridized carbons (Fsp3) is 0.389. The van der Waals surface area contributed by atoms with Crippen LogP contribution in [0.4, 0.5) is 0 Å². The molecule has 8 heteroatoms. The van der Waals surface area contributed by atoms with Gasteiger partial charge in [-0.2, -0.15) is 4.31 Å². The van der Waals surface area contributed by atoms with E-state index in [1.165, 1.54) is 21.3 Å². The highest BCUT2D eigenvalue weighted by Gasteiger charge is 2.29. The van der Waals surface area contributed by atoms with Gasteiger partial charge in [0.1, 0.15) is 0 Å². The lowest BCUT2D eigenvalue weighted by Gasteiger charge is -2.26. The molecule has 0 aliphatic carbocycles. The van der Waals surface area contributed by atoms with Gasteiger partial charge in [-0.25, -0.2) is 8.42 Å². The molecule has 140 valence electrons. The number of sulfonamides is 1. The monoisotopic (exact) mass is 394 g/mol. The predicted molar refractivity (Wildman–Crippen MR) is 101 cm³/mol. The number of rotatable bonds is 6. The quantitative estimate of drug-likeness (QED) is 0.815. The largest absolute Gasteiger partial charge is 0.383 e. The third kappa shape index (κ3) is 3.98. The average molecular weight is 395 g/mol. The molecule has 1 N–H and O–H groups in total. The van der Waals surface area contributed by atoms with Crippen molar-refractivity contribution in [1.29, 1.82) is 0 Å². The van der Waals surface area contributed by atoms with Crippen LogP contribution in [0.2, 0.25) is 0 Å². The minimum atomic E-state index is -3.64. The van der Waals surface area contributed by atoms with Crippen molar-refractivity contribution in [3.05, 3.63) is 51.7 Å². The first kappa shape index (κ1) is 19.0. The van der Waals surface area contributed by atoms with Gasteiger partial charge < -0.3 is 10.1 Å². The predicted octanol–water partition coefficient (Wildman–Crippen LogP) is 2.26. The second-order valence-corrected chi connectivity index (χ2v) is 9.25. The zero-order chi connectivity index (χ0) is 18.7. The normalized spacial score (nSPS) is 16.1. The summed E-state index contributed by atoms with van der Waals surface area (Å²) in [4.78, 5) is 13.7. The van der Waals surface area contributed by atoms with Crippen LogP contribution in [0.15, 0.2) is 40.6 Å². The molecular formula is C18H22N2O4S2. The van der Waals surface area contributed by atoms with Gasteiger partial charge in [0.25, 0.3) is 5.91 Å². The van der Waals surface area contributed by atoms with Crippen LogP contribution >= 0.6 is 11.3 Å². The van der Waals surface area contributed by atoms with Crippen LogP contribution in [-0.4, -0.2) is 44.9 Å². The van der Waals surface area contributed by atoms with E-state index in [1.54, 1.807) is 30.6 Å².